The van der Waals surface area contributed by atoms with Crippen molar-refractivity contribution in [3.63, 3.8) is 0 Å². The lowest BCUT2D eigenvalue weighted by Crippen LogP contribution is -2.02. The fraction of sp³-hybridized carbons (Fsp3) is 0.111. The number of methoxy groups -OCH3 is 2. The molecule has 0 aliphatic rings. The van der Waals surface area contributed by atoms with Crippen molar-refractivity contribution in [2.45, 2.75) is 5.03 Å². The van der Waals surface area contributed by atoms with E-state index >= 15 is 0 Å². The Morgan fingerprint density at radius 2 is 1.96 bits per heavy atom. The molecule has 0 spiro atoms. The maximum atomic E-state index is 11.6. The maximum absolute atomic E-state index is 11.6. The van der Waals surface area contributed by atoms with Crippen LogP contribution in [0.4, 0.5) is 5.69 Å². The van der Waals surface area contributed by atoms with Crippen molar-refractivity contribution >= 4 is 23.6 Å². The number of hydrogen-bond acceptors (Lipinski definition) is 7. The van der Waals surface area contributed by atoms with Crippen LogP contribution in [0.15, 0.2) is 64.2 Å². The van der Waals surface area contributed by atoms with E-state index in [9.17, 15) is 4.79 Å². The summed E-state index contributed by atoms with van der Waals surface area (Å²) in [6.07, 6.45) is 1.58. The monoisotopic (exact) mass is 356 g/mol. The number of nitrogens with zero attached hydrogens (tertiary/aromatic N) is 1. The molecule has 0 radical (unpaired) electrons. The second kappa shape index (κ2) is 7.76. The summed E-state index contributed by atoms with van der Waals surface area (Å²) >= 11 is 1.29. The van der Waals surface area contributed by atoms with Crippen LogP contribution < -0.4 is 9.46 Å². The molecule has 3 aromatic rings. The van der Waals surface area contributed by atoms with Gasteiger partial charge in [0.1, 0.15) is 12.0 Å². The number of carbonyl (C=O) groups excluding carboxylic acids is 1. The first-order valence-electron chi connectivity index (χ1n) is 7.41. The number of anilines is 1. The third kappa shape index (κ3) is 3.95. The molecule has 6 nitrogen and oxygen atoms in total. The van der Waals surface area contributed by atoms with Crippen molar-refractivity contribution in [2.24, 2.45) is 0 Å². The second-order valence-corrected chi connectivity index (χ2v) is 5.79. The Kier molecular flexibility index (Phi) is 5.25. The fourth-order valence-electron chi connectivity index (χ4n) is 2.15. The molecule has 3 rings (SSSR count). The molecule has 25 heavy (non-hydrogen) atoms. The lowest BCUT2D eigenvalue weighted by Gasteiger charge is -2.10. The first kappa shape index (κ1) is 16.9. The first-order chi connectivity index (χ1) is 12.2. The van der Waals surface area contributed by atoms with Gasteiger partial charge in [0, 0.05) is 17.5 Å². The molecule has 7 heteroatoms. The van der Waals surface area contributed by atoms with Gasteiger partial charge in [-0.15, -0.1) is 0 Å². The number of benzene rings is 2. The molecule has 0 saturated heterocycles. The van der Waals surface area contributed by atoms with E-state index in [1.807, 2.05) is 30.3 Å². The first-order valence-corrected chi connectivity index (χ1v) is 8.23. The highest BCUT2D eigenvalue weighted by molar-refractivity contribution is 8.00. The van der Waals surface area contributed by atoms with Gasteiger partial charge in [-0.1, -0.05) is 18.2 Å². The van der Waals surface area contributed by atoms with Crippen molar-refractivity contribution in [3.05, 3.63) is 60.4 Å². The Balaban J connectivity index is 1.71. The van der Waals surface area contributed by atoms with Crippen molar-refractivity contribution in [3.8, 4) is 17.2 Å². The smallest absolute Gasteiger partial charge is 0.337 e. The Morgan fingerprint density at radius 3 is 2.68 bits per heavy atom. The summed E-state index contributed by atoms with van der Waals surface area (Å²) in [6, 6.07) is 14.7. The lowest BCUT2D eigenvalue weighted by atomic mass is 10.2. The average molecular weight is 356 g/mol. The van der Waals surface area contributed by atoms with E-state index in [1.165, 1.54) is 26.2 Å². The van der Waals surface area contributed by atoms with E-state index in [1.54, 1.807) is 24.5 Å². The molecule has 2 aromatic carbocycles. The topological polar surface area (TPSA) is 73.6 Å². The Bertz CT molecular complexity index is 865. The van der Waals surface area contributed by atoms with E-state index in [4.69, 9.17) is 13.9 Å². The SMILES string of the molecule is COC(=O)c1ccc(NSc2coc(-c3ccccc3)n2)c(OC)c1. The number of nitrogens with one attached hydrogen (secondary N) is 1. The Morgan fingerprint density at radius 1 is 1.16 bits per heavy atom. The number of rotatable bonds is 6. The van der Waals surface area contributed by atoms with Crippen LogP contribution in [0.3, 0.4) is 0 Å². The third-order valence-electron chi connectivity index (χ3n) is 3.39. The number of carbonyl (C=O) groups is 1. The molecule has 0 saturated carbocycles. The molecule has 0 aliphatic carbocycles. The third-order valence-corrected chi connectivity index (χ3v) is 4.11. The van der Waals surface area contributed by atoms with Crippen molar-refractivity contribution in [1.82, 2.24) is 4.98 Å². The van der Waals surface area contributed by atoms with Crippen LogP contribution in [-0.2, 0) is 4.74 Å². The predicted octanol–water partition coefficient (Wildman–Crippen LogP) is 4.26. The zero-order valence-electron chi connectivity index (χ0n) is 13.7. The Labute approximate surface area is 149 Å². The number of esters is 1. The molecule has 1 aromatic heterocycles. The van der Waals surface area contributed by atoms with Gasteiger partial charge >= 0.3 is 5.97 Å². The standard InChI is InChI=1S/C18H16N2O4S/c1-22-15-10-13(18(21)23-2)8-9-14(15)20-25-16-11-24-17(19-16)12-6-4-3-5-7-12/h3-11,20H,1-2H3. The van der Waals surface area contributed by atoms with Gasteiger partial charge in [-0.05, 0) is 30.3 Å². The van der Waals surface area contributed by atoms with E-state index in [2.05, 4.69) is 9.71 Å². The molecular formula is C18H16N2O4S. The molecule has 1 N–H and O–H groups in total. The highest BCUT2D eigenvalue weighted by Crippen LogP contribution is 2.31. The molecule has 1 heterocycles. The molecule has 0 aliphatic heterocycles. The quantitative estimate of drug-likeness (QED) is 0.522. The molecule has 128 valence electrons. The zero-order chi connectivity index (χ0) is 17.6. The minimum absolute atomic E-state index is 0.415. The van der Waals surface area contributed by atoms with Crippen LogP contribution in [0, 0.1) is 0 Å². The number of aromatic nitrogens is 1. The van der Waals surface area contributed by atoms with Crippen LogP contribution in [0.2, 0.25) is 0 Å². The Hall–Kier alpha value is -2.93. The molecule has 0 bridgehead atoms. The molecule has 0 amide bonds. The van der Waals surface area contributed by atoms with Gasteiger partial charge in [0.05, 0.1) is 25.5 Å². The van der Waals surface area contributed by atoms with Gasteiger partial charge in [0.15, 0.2) is 5.03 Å². The van der Waals surface area contributed by atoms with Crippen molar-refractivity contribution in [2.75, 3.05) is 18.9 Å². The van der Waals surface area contributed by atoms with Crippen LogP contribution >= 0.6 is 11.9 Å². The summed E-state index contributed by atoms with van der Waals surface area (Å²) in [5, 5.41) is 0.679. The molecular weight excluding hydrogens is 340 g/mol. The summed E-state index contributed by atoms with van der Waals surface area (Å²) in [6.45, 7) is 0. The van der Waals surface area contributed by atoms with Crippen LogP contribution in [0.25, 0.3) is 11.5 Å². The van der Waals surface area contributed by atoms with Crippen LogP contribution in [0.1, 0.15) is 10.4 Å². The summed E-state index contributed by atoms with van der Waals surface area (Å²) < 4.78 is 18.7. The van der Waals surface area contributed by atoms with Gasteiger partial charge in [-0.2, -0.15) is 0 Å². The number of oxazole rings is 1. The fourth-order valence-corrected chi connectivity index (χ4v) is 2.75. The number of ether oxygens (including phenoxy) is 2. The van der Waals surface area contributed by atoms with E-state index in [0.717, 1.165) is 5.56 Å². The van der Waals surface area contributed by atoms with Gasteiger partial charge in [0.25, 0.3) is 0 Å². The summed E-state index contributed by atoms with van der Waals surface area (Å²) in [5.74, 6) is 0.668. The van der Waals surface area contributed by atoms with Gasteiger partial charge < -0.3 is 18.6 Å². The van der Waals surface area contributed by atoms with Crippen LogP contribution in [-0.4, -0.2) is 25.2 Å². The second-order valence-electron chi connectivity index (χ2n) is 4.97. The molecule has 0 fully saturated rings. The van der Waals surface area contributed by atoms with Crippen LogP contribution in [0.5, 0.6) is 5.75 Å². The molecule has 0 atom stereocenters. The maximum Gasteiger partial charge on any atom is 0.337 e. The largest absolute Gasteiger partial charge is 0.495 e. The predicted molar refractivity (Wildman–Crippen MR) is 95.8 cm³/mol. The lowest BCUT2D eigenvalue weighted by molar-refractivity contribution is 0.0600. The van der Waals surface area contributed by atoms with Gasteiger partial charge in [-0.3, -0.25) is 0 Å². The van der Waals surface area contributed by atoms with Gasteiger partial charge in [0.2, 0.25) is 5.89 Å². The molecule has 0 unspecified atom stereocenters. The normalized spacial score (nSPS) is 10.3. The highest BCUT2D eigenvalue weighted by Gasteiger charge is 2.12. The highest BCUT2D eigenvalue weighted by atomic mass is 32.2. The van der Waals surface area contributed by atoms with Crippen molar-refractivity contribution in [1.29, 1.82) is 0 Å². The number of hydrogen-bond donors (Lipinski definition) is 1. The van der Waals surface area contributed by atoms with E-state index in [-0.39, 0.29) is 0 Å². The van der Waals surface area contributed by atoms with E-state index in [0.29, 0.717) is 27.9 Å². The van der Waals surface area contributed by atoms with Crippen molar-refractivity contribution < 1.29 is 18.7 Å². The summed E-state index contributed by atoms with van der Waals surface area (Å²) in [5.41, 5.74) is 2.04. The summed E-state index contributed by atoms with van der Waals surface area (Å²) in [4.78, 5) is 16.0. The zero-order valence-corrected chi connectivity index (χ0v) is 14.5. The minimum Gasteiger partial charge on any atom is -0.495 e. The van der Waals surface area contributed by atoms with E-state index < -0.39 is 5.97 Å². The van der Waals surface area contributed by atoms with Gasteiger partial charge in [-0.25, -0.2) is 9.78 Å². The minimum atomic E-state index is -0.415. The average Bonchev–Trinajstić information content (AvgIpc) is 3.15. The summed E-state index contributed by atoms with van der Waals surface area (Å²) in [7, 11) is 2.88.